The van der Waals surface area contributed by atoms with Crippen molar-refractivity contribution >= 4 is 5.78 Å². The van der Waals surface area contributed by atoms with E-state index in [9.17, 15) is 13.6 Å². The van der Waals surface area contributed by atoms with Crippen LogP contribution in [0.1, 0.15) is 16.1 Å². The van der Waals surface area contributed by atoms with Crippen LogP contribution in [-0.2, 0) is 11.3 Å². The molecule has 1 aromatic carbocycles. The number of hydrogen-bond acceptors (Lipinski definition) is 3. The van der Waals surface area contributed by atoms with Crippen LogP contribution in [0.15, 0.2) is 41.0 Å². The van der Waals surface area contributed by atoms with E-state index in [4.69, 9.17) is 9.15 Å². The van der Waals surface area contributed by atoms with Gasteiger partial charge >= 0.3 is 0 Å². The number of halogens is 2. The Kier molecular flexibility index (Phi) is 3.84. The van der Waals surface area contributed by atoms with Gasteiger partial charge < -0.3 is 9.15 Å². The normalized spacial score (nSPS) is 10.6. The smallest absolute Gasteiger partial charge is 0.191 e. The molecule has 0 aliphatic heterocycles. The summed E-state index contributed by atoms with van der Waals surface area (Å²) in [7, 11) is 0. The summed E-state index contributed by atoms with van der Waals surface area (Å²) in [5, 5.41) is 0. The zero-order valence-electron chi connectivity index (χ0n) is 9.36. The molecule has 1 aromatic heterocycles. The van der Waals surface area contributed by atoms with Crippen LogP contribution in [0.25, 0.3) is 0 Å². The van der Waals surface area contributed by atoms with Gasteiger partial charge in [0.25, 0.3) is 0 Å². The third kappa shape index (κ3) is 3.01. The minimum absolute atomic E-state index is 0.127. The average molecular weight is 252 g/mol. The number of Topliss-reactive ketones (excluding diaryl/α,β-unsaturated/α-hetero) is 1. The Morgan fingerprint density at radius 2 is 2.11 bits per heavy atom. The van der Waals surface area contributed by atoms with Crippen LogP contribution in [0.3, 0.4) is 0 Å². The number of rotatable bonds is 5. The van der Waals surface area contributed by atoms with Gasteiger partial charge in [0.15, 0.2) is 5.78 Å². The maximum atomic E-state index is 13.3. The Morgan fingerprint density at radius 1 is 1.28 bits per heavy atom. The van der Waals surface area contributed by atoms with E-state index in [1.165, 1.54) is 6.26 Å². The molecular formula is C13H10F2O3. The third-order valence-corrected chi connectivity index (χ3v) is 2.29. The summed E-state index contributed by atoms with van der Waals surface area (Å²) in [4.78, 5) is 11.6. The van der Waals surface area contributed by atoms with E-state index in [0.717, 1.165) is 12.1 Å². The molecule has 0 aliphatic carbocycles. The molecule has 5 heteroatoms. The van der Waals surface area contributed by atoms with Crippen molar-refractivity contribution in [2.75, 3.05) is 6.61 Å². The van der Waals surface area contributed by atoms with Crippen molar-refractivity contribution in [1.29, 1.82) is 0 Å². The molecule has 94 valence electrons. The Balaban J connectivity index is 1.91. The first-order chi connectivity index (χ1) is 8.66. The van der Waals surface area contributed by atoms with E-state index in [0.29, 0.717) is 11.8 Å². The standard InChI is InChI=1S/C13H10F2O3/c14-9-3-4-11(12(15)6-9)13(16)8-17-7-10-2-1-5-18-10/h1-6H,7-8H2. The lowest BCUT2D eigenvalue weighted by Crippen LogP contribution is -2.11. The van der Waals surface area contributed by atoms with Gasteiger partial charge in [0.1, 0.15) is 30.6 Å². The van der Waals surface area contributed by atoms with E-state index in [1.54, 1.807) is 12.1 Å². The number of hydrogen-bond donors (Lipinski definition) is 0. The fourth-order valence-electron chi connectivity index (χ4n) is 1.43. The fourth-order valence-corrected chi connectivity index (χ4v) is 1.43. The molecule has 0 bridgehead atoms. The van der Waals surface area contributed by atoms with Crippen LogP contribution in [0.4, 0.5) is 8.78 Å². The Hall–Kier alpha value is -2.01. The highest BCUT2D eigenvalue weighted by Crippen LogP contribution is 2.11. The van der Waals surface area contributed by atoms with E-state index in [2.05, 4.69) is 0 Å². The SMILES string of the molecule is O=C(COCc1ccco1)c1ccc(F)cc1F. The predicted molar refractivity (Wildman–Crippen MR) is 59.1 cm³/mol. The number of ketones is 1. The second kappa shape index (κ2) is 5.55. The lowest BCUT2D eigenvalue weighted by atomic mass is 10.1. The second-order valence-electron chi connectivity index (χ2n) is 3.62. The summed E-state index contributed by atoms with van der Waals surface area (Å²) in [6.07, 6.45) is 1.49. The molecule has 0 spiro atoms. The minimum Gasteiger partial charge on any atom is -0.467 e. The molecule has 0 saturated heterocycles. The summed E-state index contributed by atoms with van der Waals surface area (Å²) < 4.78 is 36.0. The summed E-state index contributed by atoms with van der Waals surface area (Å²) in [6.45, 7) is -0.162. The number of carbonyl (C=O) groups excluding carboxylic acids is 1. The molecule has 0 aliphatic rings. The molecule has 0 saturated carbocycles. The van der Waals surface area contributed by atoms with Gasteiger partial charge in [-0.05, 0) is 24.3 Å². The average Bonchev–Trinajstić information content (AvgIpc) is 2.81. The van der Waals surface area contributed by atoms with Gasteiger partial charge in [0.2, 0.25) is 0 Å². The maximum Gasteiger partial charge on any atom is 0.191 e. The molecule has 0 amide bonds. The third-order valence-electron chi connectivity index (χ3n) is 2.29. The molecule has 0 radical (unpaired) electrons. The van der Waals surface area contributed by atoms with Gasteiger partial charge in [-0.1, -0.05) is 0 Å². The first-order valence-corrected chi connectivity index (χ1v) is 5.25. The van der Waals surface area contributed by atoms with E-state index < -0.39 is 17.4 Å². The van der Waals surface area contributed by atoms with Crippen LogP contribution in [-0.4, -0.2) is 12.4 Å². The van der Waals surface area contributed by atoms with Crippen molar-refractivity contribution in [1.82, 2.24) is 0 Å². The number of benzene rings is 1. The van der Waals surface area contributed by atoms with E-state index in [-0.39, 0.29) is 18.8 Å². The van der Waals surface area contributed by atoms with E-state index >= 15 is 0 Å². The Morgan fingerprint density at radius 3 is 2.78 bits per heavy atom. The monoisotopic (exact) mass is 252 g/mol. The maximum absolute atomic E-state index is 13.3. The summed E-state index contributed by atoms with van der Waals surface area (Å²) >= 11 is 0. The van der Waals surface area contributed by atoms with Crippen molar-refractivity contribution < 1.29 is 22.7 Å². The highest BCUT2D eigenvalue weighted by molar-refractivity contribution is 5.97. The second-order valence-corrected chi connectivity index (χ2v) is 3.62. The van der Waals surface area contributed by atoms with Gasteiger partial charge in [-0.2, -0.15) is 0 Å². The van der Waals surface area contributed by atoms with Gasteiger partial charge in [0, 0.05) is 6.07 Å². The van der Waals surface area contributed by atoms with Crippen LogP contribution in [0.2, 0.25) is 0 Å². The molecule has 0 N–H and O–H groups in total. The molecule has 0 unspecified atom stereocenters. The van der Waals surface area contributed by atoms with Crippen molar-refractivity contribution in [2.45, 2.75) is 6.61 Å². The van der Waals surface area contributed by atoms with Gasteiger partial charge in [-0.3, -0.25) is 4.79 Å². The number of ether oxygens (including phenoxy) is 1. The minimum atomic E-state index is -0.887. The van der Waals surface area contributed by atoms with Crippen LogP contribution >= 0.6 is 0 Å². The highest BCUT2D eigenvalue weighted by Gasteiger charge is 2.12. The zero-order valence-corrected chi connectivity index (χ0v) is 9.36. The molecular weight excluding hydrogens is 242 g/mol. The fraction of sp³-hybridized carbons (Fsp3) is 0.154. The summed E-state index contributed by atoms with van der Waals surface area (Å²) in [5.74, 6) is -1.58. The molecule has 2 aromatic rings. The van der Waals surface area contributed by atoms with Crippen molar-refractivity contribution in [3.8, 4) is 0 Å². The Labute approximate surface area is 102 Å². The van der Waals surface area contributed by atoms with Crippen LogP contribution in [0.5, 0.6) is 0 Å². The van der Waals surface area contributed by atoms with Crippen molar-refractivity contribution in [2.24, 2.45) is 0 Å². The van der Waals surface area contributed by atoms with Gasteiger partial charge in [-0.15, -0.1) is 0 Å². The van der Waals surface area contributed by atoms with E-state index in [1.807, 2.05) is 0 Å². The lowest BCUT2D eigenvalue weighted by molar-refractivity contribution is 0.0687. The summed E-state index contributed by atoms with van der Waals surface area (Å²) in [5.41, 5.74) is -0.184. The molecule has 1 heterocycles. The molecule has 18 heavy (non-hydrogen) atoms. The molecule has 0 atom stereocenters. The topological polar surface area (TPSA) is 39.4 Å². The van der Waals surface area contributed by atoms with Gasteiger partial charge in [-0.25, -0.2) is 8.78 Å². The molecule has 2 rings (SSSR count). The quantitative estimate of drug-likeness (QED) is 0.768. The first kappa shape index (κ1) is 12.4. The summed E-state index contributed by atoms with van der Waals surface area (Å²) in [6, 6.07) is 6.19. The predicted octanol–water partition coefficient (Wildman–Crippen LogP) is 2.96. The van der Waals surface area contributed by atoms with Crippen molar-refractivity contribution in [3.05, 3.63) is 59.6 Å². The number of carbonyl (C=O) groups is 1. The molecule has 3 nitrogen and oxygen atoms in total. The van der Waals surface area contributed by atoms with Crippen LogP contribution < -0.4 is 0 Å². The Bertz CT molecular complexity index is 535. The lowest BCUT2D eigenvalue weighted by Gasteiger charge is -2.03. The van der Waals surface area contributed by atoms with Crippen molar-refractivity contribution in [3.63, 3.8) is 0 Å². The highest BCUT2D eigenvalue weighted by atomic mass is 19.1. The zero-order chi connectivity index (χ0) is 13.0. The van der Waals surface area contributed by atoms with Gasteiger partial charge in [0.05, 0.1) is 11.8 Å². The first-order valence-electron chi connectivity index (χ1n) is 5.25. The van der Waals surface area contributed by atoms with Crippen LogP contribution in [0, 0.1) is 11.6 Å². The number of furan rings is 1. The largest absolute Gasteiger partial charge is 0.467 e. The molecule has 0 fully saturated rings.